The van der Waals surface area contributed by atoms with Gasteiger partial charge in [-0.2, -0.15) is 0 Å². The molecule has 2 nitrogen and oxygen atoms in total. The average molecular weight is 273 g/mol. The number of rotatable bonds is 3. The van der Waals surface area contributed by atoms with Crippen molar-refractivity contribution in [3.05, 3.63) is 29.8 Å². The summed E-state index contributed by atoms with van der Waals surface area (Å²) >= 11 is 0. The third kappa shape index (κ3) is 3.01. The predicted molar refractivity (Wildman–Crippen MR) is 82.8 cm³/mol. The number of hydrogen-bond donors (Lipinski definition) is 2. The van der Waals surface area contributed by atoms with Gasteiger partial charge in [-0.15, -0.1) is 0 Å². The lowest BCUT2D eigenvalue weighted by Crippen LogP contribution is -2.37. The van der Waals surface area contributed by atoms with E-state index in [0.717, 1.165) is 0 Å². The van der Waals surface area contributed by atoms with Crippen molar-refractivity contribution in [2.75, 3.05) is 0 Å². The Balaban J connectivity index is 1.54. The minimum atomic E-state index is 0.324. The molecule has 2 heteroatoms. The first-order valence-corrected chi connectivity index (χ1v) is 8.22. The molecule has 0 heterocycles. The molecule has 1 atom stereocenters. The molecule has 0 saturated heterocycles. The molecule has 3 rings (SSSR count). The van der Waals surface area contributed by atoms with Crippen molar-refractivity contribution in [3.8, 4) is 5.75 Å². The summed E-state index contributed by atoms with van der Waals surface area (Å²) in [6.07, 6.45) is 11.3. The minimum absolute atomic E-state index is 0.324. The molecule has 0 bridgehead atoms. The van der Waals surface area contributed by atoms with Gasteiger partial charge in [-0.05, 0) is 68.6 Å². The largest absolute Gasteiger partial charge is 0.508 e. The first-order valence-electron chi connectivity index (χ1n) is 8.22. The third-order valence-electron chi connectivity index (χ3n) is 5.57. The summed E-state index contributed by atoms with van der Waals surface area (Å²) in [4.78, 5) is 0. The van der Waals surface area contributed by atoms with Crippen LogP contribution in [0.3, 0.4) is 0 Å². The zero-order chi connectivity index (χ0) is 14.0. The van der Waals surface area contributed by atoms with Crippen LogP contribution in [0.15, 0.2) is 24.3 Å². The zero-order valence-corrected chi connectivity index (χ0v) is 12.6. The van der Waals surface area contributed by atoms with Gasteiger partial charge in [0.1, 0.15) is 5.75 Å². The summed E-state index contributed by atoms with van der Waals surface area (Å²) in [5.74, 6) is 0.365. The molecule has 0 aromatic heterocycles. The molecule has 0 radical (unpaired) electrons. The maximum absolute atomic E-state index is 9.58. The van der Waals surface area contributed by atoms with E-state index in [1.807, 2.05) is 12.1 Å². The van der Waals surface area contributed by atoms with Crippen LogP contribution in [0, 0.1) is 5.41 Å². The van der Waals surface area contributed by atoms with Crippen molar-refractivity contribution < 1.29 is 5.11 Å². The molecule has 20 heavy (non-hydrogen) atoms. The van der Waals surface area contributed by atoms with Crippen molar-refractivity contribution in [1.82, 2.24) is 5.32 Å². The quantitative estimate of drug-likeness (QED) is 0.847. The second kappa shape index (κ2) is 5.77. The molecule has 1 aromatic rings. The maximum Gasteiger partial charge on any atom is 0.115 e. The highest BCUT2D eigenvalue weighted by atomic mass is 16.3. The minimum Gasteiger partial charge on any atom is -0.508 e. The fourth-order valence-corrected chi connectivity index (χ4v) is 4.27. The SMILES string of the molecule is CC(NC1CCC2(CCCC2)CC1)c1cccc(O)c1. The molecular weight excluding hydrogens is 246 g/mol. The lowest BCUT2D eigenvalue weighted by atomic mass is 9.71. The molecular formula is C18H27NO. The summed E-state index contributed by atoms with van der Waals surface area (Å²) in [6, 6.07) is 8.61. The van der Waals surface area contributed by atoms with Gasteiger partial charge in [0, 0.05) is 12.1 Å². The number of aromatic hydroxyl groups is 1. The van der Waals surface area contributed by atoms with E-state index in [2.05, 4.69) is 18.3 Å². The van der Waals surface area contributed by atoms with Crippen LogP contribution in [0.4, 0.5) is 0 Å². The van der Waals surface area contributed by atoms with Crippen LogP contribution in [0.5, 0.6) is 5.75 Å². The van der Waals surface area contributed by atoms with Crippen molar-refractivity contribution in [3.63, 3.8) is 0 Å². The Hall–Kier alpha value is -1.02. The molecule has 2 aliphatic rings. The molecule has 2 aliphatic carbocycles. The van der Waals surface area contributed by atoms with Gasteiger partial charge in [-0.25, -0.2) is 0 Å². The number of benzene rings is 1. The van der Waals surface area contributed by atoms with Gasteiger partial charge in [-0.3, -0.25) is 0 Å². The van der Waals surface area contributed by atoms with Crippen molar-refractivity contribution in [2.24, 2.45) is 5.41 Å². The van der Waals surface area contributed by atoms with Gasteiger partial charge >= 0.3 is 0 Å². The van der Waals surface area contributed by atoms with Gasteiger partial charge in [-0.1, -0.05) is 25.0 Å². The van der Waals surface area contributed by atoms with Crippen LogP contribution in [-0.2, 0) is 0 Å². The molecule has 2 fully saturated rings. The molecule has 2 N–H and O–H groups in total. The smallest absolute Gasteiger partial charge is 0.115 e. The number of phenols is 1. The van der Waals surface area contributed by atoms with Crippen LogP contribution in [0.1, 0.15) is 69.9 Å². The highest BCUT2D eigenvalue weighted by Gasteiger charge is 2.37. The van der Waals surface area contributed by atoms with Crippen LogP contribution < -0.4 is 5.32 Å². The predicted octanol–water partition coefficient (Wildman–Crippen LogP) is 4.55. The van der Waals surface area contributed by atoms with E-state index in [1.54, 1.807) is 6.07 Å². The van der Waals surface area contributed by atoms with Gasteiger partial charge in [0.05, 0.1) is 0 Å². The van der Waals surface area contributed by atoms with E-state index in [0.29, 0.717) is 23.2 Å². The Morgan fingerprint density at radius 3 is 2.50 bits per heavy atom. The van der Waals surface area contributed by atoms with Crippen molar-refractivity contribution in [2.45, 2.75) is 70.4 Å². The third-order valence-corrected chi connectivity index (χ3v) is 5.57. The zero-order valence-electron chi connectivity index (χ0n) is 12.6. The first kappa shape index (κ1) is 13.9. The Bertz CT molecular complexity index is 440. The fraction of sp³-hybridized carbons (Fsp3) is 0.667. The van der Waals surface area contributed by atoms with Gasteiger partial charge in [0.15, 0.2) is 0 Å². The fourth-order valence-electron chi connectivity index (χ4n) is 4.27. The monoisotopic (exact) mass is 273 g/mol. The van der Waals surface area contributed by atoms with E-state index in [-0.39, 0.29) is 0 Å². The Morgan fingerprint density at radius 1 is 1.15 bits per heavy atom. The molecule has 1 unspecified atom stereocenters. The maximum atomic E-state index is 9.58. The molecule has 1 aromatic carbocycles. The number of hydrogen-bond acceptors (Lipinski definition) is 2. The summed E-state index contributed by atoms with van der Waals surface area (Å²) in [7, 11) is 0. The molecule has 0 aliphatic heterocycles. The summed E-state index contributed by atoms with van der Waals surface area (Å²) in [6.45, 7) is 2.20. The topological polar surface area (TPSA) is 32.3 Å². The second-order valence-electron chi connectivity index (χ2n) is 6.96. The normalized spacial score (nSPS) is 24.1. The van der Waals surface area contributed by atoms with Crippen molar-refractivity contribution in [1.29, 1.82) is 0 Å². The van der Waals surface area contributed by atoms with Crippen LogP contribution in [0.2, 0.25) is 0 Å². The van der Waals surface area contributed by atoms with E-state index >= 15 is 0 Å². The first-order chi connectivity index (χ1) is 9.67. The summed E-state index contributed by atoms with van der Waals surface area (Å²) in [5.41, 5.74) is 1.90. The highest BCUT2D eigenvalue weighted by Crippen LogP contribution is 2.49. The Kier molecular flexibility index (Phi) is 4.02. The molecule has 0 amide bonds. The summed E-state index contributed by atoms with van der Waals surface area (Å²) < 4.78 is 0. The van der Waals surface area contributed by atoms with Crippen molar-refractivity contribution >= 4 is 0 Å². The number of nitrogens with one attached hydrogen (secondary N) is 1. The lowest BCUT2D eigenvalue weighted by Gasteiger charge is -2.38. The molecule has 110 valence electrons. The van der Waals surface area contributed by atoms with E-state index in [1.165, 1.54) is 56.9 Å². The van der Waals surface area contributed by atoms with Gasteiger partial charge in [0.2, 0.25) is 0 Å². The average Bonchev–Trinajstić information content (AvgIpc) is 2.90. The van der Waals surface area contributed by atoms with Crippen LogP contribution in [0.25, 0.3) is 0 Å². The van der Waals surface area contributed by atoms with Gasteiger partial charge in [0.25, 0.3) is 0 Å². The van der Waals surface area contributed by atoms with Crippen LogP contribution >= 0.6 is 0 Å². The van der Waals surface area contributed by atoms with E-state index < -0.39 is 0 Å². The van der Waals surface area contributed by atoms with E-state index in [4.69, 9.17) is 0 Å². The Morgan fingerprint density at radius 2 is 1.85 bits per heavy atom. The standard InChI is InChI=1S/C18H27NO/c1-14(15-5-4-6-17(20)13-15)19-16-7-11-18(12-8-16)9-2-3-10-18/h4-6,13-14,16,19-20H,2-3,7-12H2,1H3. The molecule has 2 saturated carbocycles. The lowest BCUT2D eigenvalue weighted by molar-refractivity contribution is 0.164. The second-order valence-corrected chi connectivity index (χ2v) is 6.96. The van der Waals surface area contributed by atoms with Crippen LogP contribution in [-0.4, -0.2) is 11.1 Å². The number of phenolic OH excluding ortho intramolecular Hbond substituents is 1. The molecule has 1 spiro atoms. The highest BCUT2D eigenvalue weighted by molar-refractivity contribution is 5.29. The Labute approximate surface area is 122 Å². The summed E-state index contributed by atoms with van der Waals surface area (Å²) in [5, 5.41) is 13.3. The van der Waals surface area contributed by atoms with E-state index in [9.17, 15) is 5.11 Å². The van der Waals surface area contributed by atoms with Gasteiger partial charge < -0.3 is 10.4 Å².